The minimum atomic E-state index is -4.02. The number of quaternary nitrogens is 1. The molecule has 2 aromatic rings. The number of carbonyl (C=O) groups excluding carboxylic acids is 2. The number of nitrogens with zero attached hydrogens (tertiary/aromatic N) is 2. The molecule has 0 bridgehead atoms. The number of urea groups is 1. The number of carbonyl (C=O) groups is 2. The van der Waals surface area contributed by atoms with Crippen molar-refractivity contribution in [3.05, 3.63) is 59.9 Å². The summed E-state index contributed by atoms with van der Waals surface area (Å²) in [6.07, 6.45) is 2.95. The van der Waals surface area contributed by atoms with Gasteiger partial charge >= 0.3 is 22.1 Å². The summed E-state index contributed by atoms with van der Waals surface area (Å²) >= 11 is 0. The Bertz CT molecular complexity index is 1280. The molecular weight excluding hydrogens is 535 g/mol. The van der Waals surface area contributed by atoms with Crippen molar-refractivity contribution in [2.75, 3.05) is 38.0 Å². The molecule has 4 rings (SSSR count). The minimum Gasteiger partial charge on any atom is -0.444 e. The van der Waals surface area contributed by atoms with Crippen LogP contribution in [0.4, 0.5) is 19.7 Å². The highest BCUT2D eigenvalue weighted by Gasteiger charge is 2.54. The van der Waals surface area contributed by atoms with Gasteiger partial charge in [-0.15, -0.1) is 3.89 Å². The van der Waals surface area contributed by atoms with Gasteiger partial charge in [0.2, 0.25) is 0 Å². The monoisotopic (exact) mass is 575 g/mol. The van der Waals surface area contributed by atoms with Gasteiger partial charge in [0.15, 0.2) is 0 Å². The number of piperidine rings is 1. The first-order chi connectivity index (χ1) is 18.9. The van der Waals surface area contributed by atoms with Crippen LogP contribution >= 0.6 is 0 Å². The third-order valence-electron chi connectivity index (χ3n) is 7.38. The zero-order valence-corrected chi connectivity index (χ0v) is 24.3. The van der Waals surface area contributed by atoms with Crippen molar-refractivity contribution in [2.24, 2.45) is 0 Å². The number of anilines is 1. The van der Waals surface area contributed by atoms with Gasteiger partial charge in [0.25, 0.3) is 0 Å². The molecule has 9 nitrogen and oxygen atoms in total. The maximum Gasteiger partial charge on any atom is 0.434 e. The van der Waals surface area contributed by atoms with Gasteiger partial charge < -0.3 is 15.4 Å². The summed E-state index contributed by atoms with van der Waals surface area (Å²) in [5.74, 6) is -0.516. The minimum absolute atomic E-state index is 0.0234. The fraction of sp³-hybridized carbons (Fsp3) is 0.517. The Morgan fingerprint density at radius 1 is 1.00 bits per heavy atom. The predicted octanol–water partition coefficient (Wildman–Crippen LogP) is 4.89. The number of ether oxygens (including phenoxy) is 1. The van der Waals surface area contributed by atoms with Crippen LogP contribution in [0.1, 0.15) is 52.0 Å². The summed E-state index contributed by atoms with van der Waals surface area (Å²) in [5.41, 5.74) is 1.53. The van der Waals surface area contributed by atoms with E-state index in [9.17, 15) is 22.4 Å². The normalized spacial score (nSPS) is 17.9. The summed E-state index contributed by atoms with van der Waals surface area (Å²) in [6.45, 7) is 7.34. The van der Waals surface area contributed by atoms with Crippen LogP contribution in [0.25, 0.3) is 0 Å². The van der Waals surface area contributed by atoms with Crippen LogP contribution in [0.3, 0.4) is 0 Å². The zero-order chi connectivity index (χ0) is 29.0. The molecule has 2 saturated heterocycles. The predicted molar refractivity (Wildman–Crippen MR) is 151 cm³/mol. The van der Waals surface area contributed by atoms with Gasteiger partial charge in [-0.2, -0.15) is 8.42 Å². The Labute approximate surface area is 236 Å². The maximum atomic E-state index is 13.7. The number of likely N-dealkylation sites (tertiary alicyclic amines) is 2. The first-order valence-corrected chi connectivity index (χ1v) is 15.3. The number of alkyl carbamates (subject to hydrolysis) is 1. The molecule has 40 heavy (non-hydrogen) atoms. The van der Waals surface area contributed by atoms with E-state index >= 15 is 0 Å². The van der Waals surface area contributed by atoms with Gasteiger partial charge in [-0.05, 0) is 82.0 Å². The number of sulfonamides is 1. The Morgan fingerprint density at radius 3 is 2.17 bits per heavy atom. The molecule has 2 N–H and O–H groups in total. The van der Waals surface area contributed by atoms with E-state index in [0.717, 1.165) is 23.4 Å². The molecule has 2 aromatic carbocycles. The highest BCUT2D eigenvalue weighted by atomic mass is 32.2. The van der Waals surface area contributed by atoms with Crippen molar-refractivity contribution in [3.8, 4) is 0 Å². The molecule has 11 heteroatoms. The van der Waals surface area contributed by atoms with Crippen molar-refractivity contribution >= 4 is 27.8 Å². The molecule has 2 heterocycles. The highest BCUT2D eigenvalue weighted by molar-refractivity contribution is 7.86. The Kier molecular flexibility index (Phi) is 9.04. The number of hydrogen-bond acceptors (Lipinski definition) is 6. The smallest absolute Gasteiger partial charge is 0.434 e. The number of rotatable bonds is 7. The number of nitrogens with one attached hydrogen (secondary N) is 2. The second-order valence-corrected chi connectivity index (χ2v) is 13.7. The van der Waals surface area contributed by atoms with Crippen LogP contribution in [0.5, 0.6) is 0 Å². The number of amides is 3. The molecule has 0 aliphatic carbocycles. The lowest BCUT2D eigenvalue weighted by Gasteiger charge is -2.38. The van der Waals surface area contributed by atoms with E-state index in [0.29, 0.717) is 51.7 Å². The molecule has 2 aliphatic heterocycles. The number of hydrogen-bond donors (Lipinski definition) is 2. The fourth-order valence-electron chi connectivity index (χ4n) is 5.29. The van der Waals surface area contributed by atoms with Crippen molar-refractivity contribution in [1.29, 1.82) is 0 Å². The molecule has 0 spiro atoms. The van der Waals surface area contributed by atoms with E-state index in [1.807, 2.05) is 45.0 Å². The summed E-state index contributed by atoms with van der Waals surface area (Å²) in [4.78, 5) is 27.1. The van der Waals surface area contributed by atoms with E-state index in [-0.39, 0.29) is 30.1 Å². The Balaban J connectivity index is 1.29. The molecule has 3 amide bonds. The topological polar surface area (TPSA) is 105 Å². The molecule has 0 unspecified atom stereocenters. The zero-order valence-electron chi connectivity index (χ0n) is 23.5. The van der Waals surface area contributed by atoms with Crippen LogP contribution in [0.2, 0.25) is 0 Å². The molecule has 2 aliphatic rings. The second kappa shape index (κ2) is 12.1. The lowest BCUT2D eigenvalue weighted by Crippen LogP contribution is -2.61. The van der Waals surface area contributed by atoms with Gasteiger partial charge in [0.05, 0.1) is 0 Å². The number of benzene rings is 2. The van der Waals surface area contributed by atoms with E-state index in [2.05, 4.69) is 10.6 Å². The molecule has 0 atom stereocenters. The average molecular weight is 576 g/mol. The highest BCUT2D eigenvalue weighted by Crippen LogP contribution is 2.33. The van der Waals surface area contributed by atoms with Gasteiger partial charge in [-0.25, -0.2) is 14.0 Å². The Morgan fingerprint density at radius 2 is 1.60 bits per heavy atom. The molecule has 218 valence electrons. The molecular formula is C29H40FN4O5S+. The standard InChI is InChI=1S/C29H39FN4O5S/c1-29(2,3)39-27(35)31-17-14-22-6-10-24(11-7-22)32-25-15-18-33(19-16-25)28(36)34(20-4-5-21-34)40(37,38)26-12-8-23(30)9-13-26/h6-13,25,32H,4-5,14-21H2,1-3H3/p+1. The first-order valence-electron chi connectivity index (χ1n) is 13.9. The molecule has 2 fully saturated rings. The van der Waals surface area contributed by atoms with Crippen LogP contribution in [-0.4, -0.2) is 73.7 Å². The summed E-state index contributed by atoms with van der Waals surface area (Å²) < 4.78 is 45.3. The van der Waals surface area contributed by atoms with Gasteiger partial charge in [-0.1, -0.05) is 12.1 Å². The van der Waals surface area contributed by atoms with Crippen molar-refractivity contribution in [2.45, 2.75) is 69.4 Å². The van der Waals surface area contributed by atoms with Crippen LogP contribution in [0, 0.1) is 5.82 Å². The van der Waals surface area contributed by atoms with Crippen LogP contribution in [-0.2, 0) is 21.2 Å². The number of halogens is 1. The third kappa shape index (κ3) is 6.93. The van der Waals surface area contributed by atoms with Gasteiger partial charge in [0, 0.05) is 44.2 Å². The maximum absolute atomic E-state index is 13.7. The SMILES string of the molecule is CC(C)(C)OC(=O)NCCc1ccc(NC2CCN(C(=O)[N+]3(S(=O)(=O)c4ccc(F)cc4)CCCC3)CC2)cc1. The molecule has 0 radical (unpaired) electrons. The van der Waals surface area contributed by atoms with E-state index in [1.165, 1.54) is 12.1 Å². The summed E-state index contributed by atoms with van der Waals surface area (Å²) in [6, 6.07) is 12.5. The first kappa shape index (κ1) is 29.8. The average Bonchev–Trinajstić information content (AvgIpc) is 3.41. The molecule has 0 saturated carbocycles. The van der Waals surface area contributed by atoms with Gasteiger partial charge in [-0.3, -0.25) is 4.90 Å². The Hall–Kier alpha value is -3.18. The van der Waals surface area contributed by atoms with Crippen molar-refractivity contribution in [3.63, 3.8) is 0 Å². The molecule has 0 aromatic heterocycles. The third-order valence-corrected chi connectivity index (χ3v) is 9.69. The fourth-order valence-corrected chi connectivity index (χ4v) is 7.23. The quantitative estimate of drug-likeness (QED) is 0.456. The largest absolute Gasteiger partial charge is 0.444 e. The van der Waals surface area contributed by atoms with Crippen LogP contribution < -0.4 is 10.6 Å². The second-order valence-electron chi connectivity index (χ2n) is 11.5. The summed E-state index contributed by atoms with van der Waals surface area (Å²) in [5, 5.41) is 6.28. The van der Waals surface area contributed by atoms with E-state index in [1.54, 1.807) is 4.90 Å². The van der Waals surface area contributed by atoms with Crippen LogP contribution in [0.15, 0.2) is 53.4 Å². The van der Waals surface area contributed by atoms with Crippen molar-refractivity contribution < 1.29 is 31.0 Å². The van der Waals surface area contributed by atoms with E-state index in [4.69, 9.17) is 4.74 Å². The lowest BCUT2D eigenvalue weighted by molar-refractivity contribution is -0.711. The van der Waals surface area contributed by atoms with Crippen molar-refractivity contribution in [1.82, 2.24) is 10.2 Å². The van der Waals surface area contributed by atoms with E-state index < -0.39 is 31.4 Å². The van der Waals surface area contributed by atoms with Gasteiger partial charge in [0.1, 0.15) is 29.4 Å². The lowest BCUT2D eigenvalue weighted by atomic mass is 10.0. The summed E-state index contributed by atoms with van der Waals surface area (Å²) in [7, 11) is -4.02.